The Morgan fingerprint density at radius 2 is 1.68 bits per heavy atom. The summed E-state index contributed by atoms with van der Waals surface area (Å²) in [4.78, 5) is 17.8. The van der Waals surface area contributed by atoms with Crippen LogP contribution in [0.1, 0.15) is 53.8 Å². The van der Waals surface area contributed by atoms with Crippen molar-refractivity contribution in [1.82, 2.24) is 14.4 Å². The lowest BCUT2D eigenvalue weighted by molar-refractivity contribution is 0.0385. The SMILES string of the molecule is Cc1ccc(C)n1-c1ccc(C(=O)N2CCC3(CC2)CN(C2CCC2)CC3CO)cc1. The number of aryl methyl sites for hydroxylation is 2. The van der Waals surface area contributed by atoms with Crippen molar-refractivity contribution >= 4 is 5.91 Å². The molecule has 5 rings (SSSR count). The molecule has 1 aliphatic carbocycles. The van der Waals surface area contributed by atoms with Gasteiger partial charge in [0, 0.05) is 67.4 Å². The van der Waals surface area contributed by atoms with E-state index in [-0.39, 0.29) is 17.9 Å². The van der Waals surface area contributed by atoms with E-state index in [1.54, 1.807) is 0 Å². The van der Waals surface area contributed by atoms with Crippen LogP contribution in [0.15, 0.2) is 36.4 Å². The van der Waals surface area contributed by atoms with E-state index in [1.807, 2.05) is 29.2 Å². The first-order valence-corrected chi connectivity index (χ1v) is 11.9. The Bertz CT molecular complexity index is 917. The van der Waals surface area contributed by atoms with Crippen LogP contribution in [0.3, 0.4) is 0 Å². The third kappa shape index (κ3) is 3.62. The van der Waals surface area contributed by atoms with Crippen LogP contribution in [-0.2, 0) is 0 Å². The molecule has 1 aromatic carbocycles. The van der Waals surface area contributed by atoms with Gasteiger partial charge in [-0.2, -0.15) is 0 Å². The first-order valence-electron chi connectivity index (χ1n) is 11.9. The molecule has 1 aromatic heterocycles. The Kier molecular flexibility index (Phi) is 5.43. The van der Waals surface area contributed by atoms with Crippen molar-refractivity contribution < 1.29 is 9.90 Å². The highest BCUT2D eigenvalue weighted by Crippen LogP contribution is 2.47. The van der Waals surface area contributed by atoms with E-state index < -0.39 is 0 Å². The van der Waals surface area contributed by atoms with Crippen molar-refractivity contribution in [3.63, 3.8) is 0 Å². The molecule has 0 radical (unpaired) electrons. The Morgan fingerprint density at radius 3 is 2.23 bits per heavy atom. The summed E-state index contributed by atoms with van der Waals surface area (Å²) in [7, 11) is 0. The van der Waals surface area contributed by atoms with Crippen LogP contribution >= 0.6 is 0 Å². The minimum absolute atomic E-state index is 0.136. The molecule has 1 saturated carbocycles. The van der Waals surface area contributed by atoms with Gasteiger partial charge in [0.25, 0.3) is 5.91 Å². The molecular formula is C26H35N3O2. The number of rotatable bonds is 4. The van der Waals surface area contributed by atoms with Gasteiger partial charge in [-0.25, -0.2) is 0 Å². The summed E-state index contributed by atoms with van der Waals surface area (Å²) in [5.41, 5.74) is 4.45. The van der Waals surface area contributed by atoms with Crippen molar-refractivity contribution in [3.8, 4) is 5.69 Å². The second kappa shape index (κ2) is 8.10. The minimum atomic E-state index is 0.136. The maximum atomic E-state index is 13.2. The molecule has 3 aliphatic rings. The first-order chi connectivity index (χ1) is 15.0. The summed E-state index contributed by atoms with van der Waals surface area (Å²) in [6.07, 6.45) is 6.00. The molecule has 3 fully saturated rings. The summed E-state index contributed by atoms with van der Waals surface area (Å²) in [5, 5.41) is 10.1. The molecular weight excluding hydrogens is 386 g/mol. The van der Waals surface area contributed by atoms with E-state index >= 15 is 0 Å². The predicted molar refractivity (Wildman–Crippen MR) is 123 cm³/mol. The molecule has 0 bridgehead atoms. The molecule has 3 heterocycles. The summed E-state index contributed by atoms with van der Waals surface area (Å²) in [5.74, 6) is 0.495. The zero-order valence-electron chi connectivity index (χ0n) is 18.9. The van der Waals surface area contributed by atoms with Gasteiger partial charge in [-0.1, -0.05) is 6.42 Å². The predicted octanol–water partition coefficient (Wildman–Crippen LogP) is 3.79. The maximum Gasteiger partial charge on any atom is 0.253 e. The van der Waals surface area contributed by atoms with Gasteiger partial charge >= 0.3 is 0 Å². The Morgan fingerprint density at radius 1 is 1.03 bits per heavy atom. The van der Waals surface area contributed by atoms with Crippen LogP contribution in [0.4, 0.5) is 0 Å². The molecule has 1 atom stereocenters. The number of benzene rings is 1. The molecule has 1 unspecified atom stereocenters. The number of carbonyl (C=O) groups excluding carboxylic acids is 1. The average molecular weight is 422 g/mol. The average Bonchev–Trinajstić information content (AvgIpc) is 3.26. The van der Waals surface area contributed by atoms with Gasteiger partial charge in [-0.05, 0) is 81.3 Å². The van der Waals surface area contributed by atoms with Gasteiger partial charge in [0.05, 0.1) is 0 Å². The van der Waals surface area contributed by atoms with Crippen LogP contribution in [0.25, 0.3) is 5.69 Å². The molecule has 5 nitrogen and oxygen atoms in total. The lowest BCUT2D eigenvalue weighted by atomic mass is 9.71. The number of piperidine rings is 1. The highest BCUT2D eigenvalue weighted by atomic mass is 16.3. The fourth-order valence-corrected chi connectivity index (χ4v) is 6.09. The van der Waals surface area contributed by atoms with Gasteiger partial charge in [0.2, 0.25) is 0 Å². The second-order valence-corrected chi connectivity index (χ2v) is 10.0. The molecule has 2 saturated heterocycles. The number of carbonyl (C=O) groups is 1. The molecule has 1 N–H and O–H groups in total. The highest BCUT2D eigenvalue weighted by Gasteiger charge is 2.49. The van der Waals surface area contributed by atoms with Crippen molar-refractivity contribution in [1.29, 1.82) is 0 Å². The number of hydrogen-bond acceptors (Lipinski definition) is 3. The smallest absolute Gasteiger partial charge is 0.253 e. The first kappa shape index (κ1) is 20.8. The molecule has 1 amide bonds. The van der Waals surface area contributed by atoms with E-state index in [4.69, 9.17) is 0 Å². The minimum Gasteiger partial charge on any atom is -0.396 e. The normalized spacial score (nSPS) is 24.0. The number of hydrogen-bond donors (Lipinski definition) is 1. The van der Waals surface area contributed by atoms with E-state index in [1.165, 1.54) is 30.7 Å². The lowest BCUT2D eigenvalue weighted by Crippen LogP contribution is -2.47. The topological polar surface area (TPSA) is 48.7 Å². The van der Waals surface area contributed by atoms with Crippen LogP contribution in [0, 0.1) is 25.2 Å². The van der Waals surface area contributed by atoms with Crippen LogP contribution in [0.5, 0.6) is 0 Å². The molecule has 5 heteroatoms. The molecule has 31 heavy (non-hydrogen) atoms. The Hall–Kier alpha value is -2.11. The van der Waals surface area contributed by atoms with Crippen LogP contribution in [-0.4, -0.2) is 64.2 Å². The summed E-state index contributed by atoms with van der Waals surface area (Å²) < 4.78 is 2.21. The fraction of sp³-hybridized carbons (Fsp3) is 0.577. The van der Waals surface area contributed by atoms with Gasteiger partial charge in [-0.3, -0.25) is 9.69 Å². The third-order valence-electron chi connectivity index (χ3n) is 8.34. The zero-order chi connectivity index (χ0) is 21.6. The van der Waals surface area contributed by atoms with Gasteiger partial charge in [-0.15, -0.1) is 0 Å². The number of amides is 1. The van der Waals surface area contributed by atoms with E-state index in [0.29, 0.717) is 5.92 Å². The molecule has 1 spiro atoms. The van der Waals surface area contributed by atoms with E-state index in [2.05, 4.69) is 35.4 Å². The van der Waals surface area contributed by atoms with Gasteiger partial charge in [0.1, 0.15) is 0 Å². The quantitative estimate of drug-likeness (QED) is 0.817. The number of aliphatic hydroxyl groups is 1. The lowest BCUT2D eigenvalue weighted by Gasteiger charge is -2.43. The standard InChI is InChI=1S/C26H35N3O2/c1-19-6-7-20(2)29(19)24-10-8-21(9-11-24)25(31)27-14-12-26(13-15-27)18-28(16-22(26)17-30)23-4-3-5-23/h6-11,22-23,30H,3-5,12-18H2,1-2H3. The van der Waals surface area contributed by atoms with E-state index in [0.717, 1.165) is 56.3 Å². The van der Waals surface area contributed by atoms with Crippen molar-refractivity contribution in [2.45, 2.75) is 52.0 Å². The second-order valence-electron chi connectivity index (χ2n) is 10.0. The van der Waals surface area contributed by atoms with Crippen LogP contribution < -0.4 is 0 Å². The molecule has 2 aromatic rings. The van der Waals surface area contributed by atoms with Gasteiger partial charge in [0.15, 0.2) is 0 Å². The van der Waals surface area contributed by atoms with Crippen molar-refractivity contribution in [2.24, 2.45) is 11.3 Å². The zero-order valence-corrected chi connectivity index (χ0v) is 18.9. The highest BCUT2D eigenvalue weighted by molar-refractivity contribution is 5.94. The number of likely N-dealkylation sites (tertiary alicyclic amines) is 2. The maximum absolute atomic E-state index is 13.2. The molecule has 2 aliphatic heterocycles. The van der Waals surface area contributed by atoms with Crippen molar-refractivity contribution in [2.75, 3.05) is 32.8 Å². The van der Waals surface area contributed by atoms with Gasteiger partial charge < -0.3 is 14.6 Å². The summed E-state index contributed by atoms with van der Waals surface area (Å²) >= 11 is 0. The fourth-order valence-electron chi connectivity index (χ4n) is 6.09. The largest absolute Gasteiger partial charge is 0.396 e. The number of aromatic nitrogens is 1. The number of nitrogens with zero attached hydrogens (tertiary/aromatic N) is 3. The Balaban J connectivity index is 1.25. The summed E-state index contributed by atoms with van der Waals surface area (Å²) in [6, 6.07) is 13.0. The third-order valence-corrected chi connectivity index (χ3v) is 8.34. The summed E-state index contributed by atoms with van der Waals surface area (Å²) in [6.45, 7) is 8.21. The van der Waals surface area contributed by atoms with E-state index in [9.17, 15) is 9.90 Å². The number of aliphatic hydroxyl groups excluding tert-OH is 1. The molecule has 166 valence electrons. The van der Waals surface area contributed by atoms with Crippen LogP contribution in [0.2, 0.25) is 0 Å². The van der Waals surface area contributed by atoms with Crippen molar-refractivity contribution in [3.05, 3.63) is 53.3 Å². The monoisotopic (exact) mass is 421 g/mol. The Labute approximate surface area is 185 Å².